The number of rotatable bonds is 0. The summed E-state index contributed by atoms with van der Waals surface area (Å²) in [5.74, 6) is -5.81. The van der Waals surface area contributed by atoms with Crippen molar-refractivity contribution in [2.45, 2.75) is 17.6 Å². The van der Waals surface area contributed by atoms with E-state index in [4.69, 9.17) is 0 Å². The summed E-state index contributed by atoms with van der Waals surface area (Å²) in [4.78, 5) is 0. The van der Waals surface area contributed by atoms with Crippen molar-refractivity contribution in [3.63, 3.8) is 0 Å². The second-order valence-corrected chi connectivity index (χ2v) is 4.36. The first-order chi connectivity index (χ1) is 4.78. The van der Waals surface area contributed by atoms with Crippen LogP contribution < -0.4 is 0 Å². The van der Waals surface area contributed by atoms with Gasteiger partial charge in [-0.15, -0.1) is 0 Å². The third kappa shape index (κ3) is 1.11. The van der Waals surface area contributed by atoms with E-state index in [2.05, 4.69) is 0 Å². The van der Waals surface area contributed by atoms with E-state index in [0.717, 1.165) is 0 Å². The largest absolute Gasteiger partial charge is 0.324 e. The molecule has 11 heavy (non-hydrogen) atoms. The molecule has 1 aliphatic heterocycles. The van der Waals surface area contributed by atoms with Crippen LogP contribution in [0.4, 0.5) is 17.6 Å². The first-order valence-electron chi connectivity index (χ1n) is 2.66. The molecule has 1 fully saturated rings. The fraction of sp³-hybridized carbons (Fsp3) is 1.00. The van der Waals surface area contributed by atoms with Gasteiger partial charge in [0.05, 0.1) is 5.75 Å². The van der Waals surface area contributed by atoms with Crippen LogP contribution in [0.15, 0.2) is 0 Å². The van der Waals surface area contributed by atoms with Gasteiger partial charge < -0.3 is 0 Å². The summed E-state index contributed by atoms with van der Waals surface area (Å²) in [7, 11) is -4.57. The van der Waals surface area contributed by atoms with E-state index < -0.39 is 33.2 Å². The lowest BCUT2D eigenvalue weighted by atomic mass is 10.3. The summed E-state index contributed by atoms with van der Waals surface area (Å²) < 4.78 is 69.0. The Balaban J connectivity index is 3.09. The number of sulfone groups is 1. The summed E-state index contributed by atoms with van der Waals surface area (Å²) in [5, 5.41) is 0. The second-order valence-electron chi connectivity index (χ2n) is 2.29. The smallest absolute Gasteiger partial charge is 0.240 e. The molecular formula is C4H4F4O2S. The molecule has 0 spiro atoms. The highest BCUT2D eigenvalue weighted by Crippen LogP contribution is 2.38. The van der Waals surface area contributed by atoms with Crippen molar-refractivity contribution in [3.8, 4) is 0 Å². The van der Waals surface area contributed by atoms with Crippen LogP contribution in [-0.4, -0.2) is 31.8 Å². The quantitative estimate of drug-likeness (QED) is 0.529. The topological polar surface area (TPSA) is 34.1 Å². The monoisotopic (exact) mass is 192 g/mol. The Bertz CT molecular complexity index is 259. The molecule has 0 bridgehead atoms. The maximum atomic E-state index is 12.2. The molecule has 1 saturated heterocycles. The lowest BCUT2D eigenvalue weighted by Gasteiger charge is -2.10. The summed E-state index contributed by atoms with van der Waals surface area (Å²) >= 11 is 0. The minimum Gasteiger partial charge on any atom is -0.240 e. The highest BCUT2D eigenvalue weighted by Gasteiger charge is 2.62. The third-order valence-corrected chi connectivity index (χ3v) is 3.12. The van der Waals surface area contributed by atoms with Gasteiger partial charge in [-0.05, 0) is 0 Å². The molecule has 0 saturated carbocycles. The summed E-state index contributed by atoms with van der Waals surface area (Å²) in [6, 6.07) is 0. The Morgan fingerprint density at radius 1 is 1.27 bits per heavy atom. The van der Waals surface area contributed by atoms with Crippen molar-refractivity contribution in [2.24, 2.45) is 0 Å². The average Bonchev–Trinajstić information content (AvgIpc) is 1.94. The first-order valence-corrected chi connectivity index (χ1v) is 4.37. The third-order valence-electron chi connectivity index (χ3n) is 1.41. The molecule has 0 aromatic rings. The van der Waals surface area contributed by atoms with Crippen LogP contribution in [0.1, 0.15) is 0 Å². The molecule has 0 radical (unpaired) electrons. The van der Waals surface area contributed by atoms with Crippen LogP contribution >= 0.6 is 0 Å². The second kappa shape index (κ2) is 2.09. The lowest BCUT2D eigenvalue weighted by Crippen LogP contribution is -2.33. The zero-order valence-electron chi connectivity index (χ0n) is 5.10. The zero-order valence-corrected chi connectivity index (χ0v) is 5.91. The number of hydrogen-bond donors (Lipinski definition) is 0. The van der Waals surface area contributed by atoms with Crippen molar-refractivity contribution in [1.82, 2.24) is 0 Å². The Hall–Kier alpha value is -0.330. The molecule has 1 rings (SSSR count). The Labute approximate surface area is 60.1 Å². The summed E-state index contributed by atoms with van der Waals surface area (Å²) in [6.45, 7) is 0. The molecule has 0 amide bonds. The molecular weight excluding hydrogens is 188 g/mol. The Morgan fingerprint density at radius 3 is 1.82 bits per heavy atom. The Kier molecular flexibility index (Phi) is 1.66. The summed E-state index contributed by atoms with van der Waals surface area (Å²) in [5.41, 5.74) is -3.38. The van der Waals surface area contributed by atoms with Gasteiger partial charge in [0.2, 0.25) is 0 Å². The minimum atomic E-state index is -4.57. The van der Waals surface area contributed by atoms with Crippen LogP contribution in [0.5, 0.6) is 0 Å². The standard InChI is InChI=1S/C4H4F4O2S/c5-2-1-11(9,10)3(6)4(2,7)8/h2-3H,1H2. The van der Waals surface area contributed by atoms with Gasteiger partial charge in [0.25, 0.3) is 5.50 Å². The molecule has 2 atom stereocenters. The average molecular weight is 192 g/mol. The van der Waals surface area contributed by atoms with Crippen molar-refractivity contribution >= 4 is 9.84 Å². The molecule has 7 heteroatoms. The maximum Gasteiger partial charge on any atom is 0.324 e. The molecule has 66 valence electrons. The normalized spacial score (nSPS) is 40.7. The van der Waals surface area contributed by atoms with Gasteiger partial charge in [-0.2, -0.15) is 8.78 Å². The number of hydrogen-bond acceptors (Lipinski definition) is 2. The van der Waals surface area contributed by atoms with Crippen LogP contribution in [0, 0.1) is 0 Å². The first kappa shape index (κ1) is 8.76. The zero-order chi connectivity index (χ0) is 8.86. The van der Waals surface area contributed by atoms with E-state index in [1.54, 1.807) is 0 Å². The number of alkyl halides is 4. The van der Waals surface area contributed by atoms with Gasteiger partial charge in [-0.1, -0.05) is 0 Å². The highest BCUT2D eigenvalue weighted by molar-refractivity contribution is 7.92. The van der Waals surface area contributed by atoms with E-state index in [0.29, 0.717) is 0 Å². The van der Waals surface area contributed by atoms with E-state index >= 15 is 0 Å². The van der Waals surface area contributed by atoms with Crippen molar-refractivity contribution in [1.29, 1.82) is 0 Å². The van der Waals surface area contributed by atoms with Gasteiger partial charge in [0.1, 0.15) is 0 Å². The van der Waals surface area contributed by atoms with Crippen LogP contribution in [0.3, 0.4) is 0 Å². The minimum absolute atomic E-state index is 1.43. The molecule has 0 aromatic heterocycles. The fourth-order valence-corrected chi connectivity index (χ4v) is 2.21. The van der Waals surface area contributed by atoms with Crippen LogP contribution in [-0.2, 0) is 9.84 Å². The van der Waals surface area contributed by atoms with Gasteiger partial charge >= 0.3 is 5.92 Å². The molecule has 2 unspecified atom stereocenters. The van der Waals surface area contributed by atoms with Gasteiger partial charge in [-0.3, -0.25) is 0 Å². The molecule has 0 N–H and O–H groups in total. The molecule has 0 aromatic carbocycles. The van der Waals surface area contributed by atoms with E-state index in [1.807, 2.05) is 0 Å². The Morgan fingerprint density at radius 2 is 1.73 bits per heavy atom. The molecule has 1 heterocycles. The van der Waals surface area contributed by atoms with Gasteiger partial charge in [-0.25, -0.2) is 17.2 Å². The van der Waals surface area contributed by atoms with E-state index in [-0.39, 0.29) is 0 Å². The highest BCUT2D eigenvalue weighted by atomic mass is 32.2. The lowest BCUT2D eigenvalue weighted by molar-refractivity contribution is -0.0830. The van der Waals surface area contributed by atoms with E-state index in [9.17, 15) is 26.0 Å². The van der Waals surface area contributed by atoms with Gasteiger partial charge in [0, 0.05) is 0 Å². The van der Waals surface area contributed by atoms with E-state index in [1.165, 1.54) is 0 Å². The molecule has 0 aliphatic carbocycles. The molecule has 1 aliphatic rings. The predicted octanol–water partition coefficient (Wildman–Crippen LogP) is 0.684. The van der Waals surface area contributed by atoms with Crippen molar-refractivity contribution < 1.29 is 26.0 Å². The predicted molar refractivity (Wildman–Crippen MR) is 28.5 cm³/mol. The fourth-order valence-electron chi connectivity index (χ4n) is 0.781. The van der Waals surface area contributed by atoms with Crippen molar-refractivity contribution in [3.05, 3.63) is 0 Å². The molecule has 2 nitrogen and oxygen atoms in total. The van der Waals surface area contributed by atoms with Crippen LogP contribution in [0.2, 0.25) is 0 Å². The summed E-state index contributed by atoms with van der Waals surface area (Å²) in [6.07, 6.45) is -2.91. The van der Waals surface area contributed by atoms with Crippen LogP contribution in [0.25, 0.3) is 0 Å². The van der Waals surface area contributed by atoms with Gasteiger partial charge in [0.15, 0.2) is 16.0 Å². The number of halogens is 4. The SMILES string of the molecule is O=S1(=O)CC(F)C(F)(F)C1F. The maximum absolute atomic E-state index is 12.2. The van der Waals surface area contributed by atoms with Crippen molar-refractivity contribution in [2.75, 3.05) is 5.75 Å².